The first-order chi connectivity index (χ1) is 8.58. The van der Waals surface area contributed by atoms with Gasteiger partial charge in [-0.3, -0.25) is 0 Å². The maximum absolute atomic E-state index is 13.5. The van der Waals surface area contributed by atoms with Gasteiger partial charge < -0.3 is 10.3 Å². The lowest BCUT2D eigenvalue weighted by atomic mass is 10.1. The normalized spacial score (nSPS) is 15.1. The van der Waals surface area contributed by atoms with Gasteiger partial charge in [-0.1, -0.05) is 17.7 Å². The molecule has 1 aromatic carbocycles. The maximum Gasteiger partial charge on any atom is 0.142 e. The summed E-state index contributed by atoms with van der Waals surface area (Å²) in [5.41, 5.74) is 7.33. The van der Waals surface area contributed by atoms with Crippen LogP contribution in [0.1, 0.15) is 24.6 Å². The molecule has 0 bridgehead atoms. The molecule has 1 saturated carbocycles. The second-order valence-corrected chi connectivity index (χ2v) is 5.07. The van der Waals surface area contributed by atoms with Gasteiger partial charge >= 0.3 is 0 Å². The summed E-state index contributed by atoms with van der Waals surface area (Å²) in [7, 11) is 1.89. The zero-order valence-electron chi connectivity index (χ0n) is 9.95. The molecule has 2 N–H and O–H groups in total. The Morgan fingerprint density at radius 3 is 2.78 bits per heavy atom. The smallest absolute Gasteiger partial charge is 0.142 e. The van der Waals surface area contributed by atoms with Crippen molar-refractivity contribution in [2.45, 2.75) is 18.8 Å². The Bertz CT molecular complexity index is 617. The van der Waals surface area contributed by atoms with E-state index >= 15 is 0 Å². The third kappa shape index (κ3) is 1.77. The number of hydrogen-bond donors (Lipinski definition) is 1. The fraction of sp³-hybridized carbons (Fsp3) is 0.308. The minimum Gasteiger partial charge on any atom is -0.383 e. The first-order valence-electron chi connectivity index (χ1n) is 5.85. The fourth-order valence-corrected chi connectivity index (χ4v) is 2.21. The summed E-state index contributed by atoms with van der Waals surface area (Å²) in [6.45, 7) is 0. The van der Waals surface area contributed by atoms with E-state index in [0.29, 0.717) is 23.0 Å². The topological polar surface area (TPSA) is 43.8 Å². The third-order valence-corrected chi connectivity index (χ3v) is 3.62. The molecule has 1 fully saturated rings. The summed E-state index contributed by atoms with van der Waals surface area (Å²) in [6.07, 6.45) is 2.30. The zero-order chi connectivity index (χ0) is 12.9. The van der Waals surface area contributed by atoms with Crippen LogP contribution in [0.15, 0.2) is 18.2 Å². The van der Waals surface area contributed by atoms with Crippen molar-refractivity contribution >= 4 is 17.4 Å². The molecule has 0 spiro atoms. The van der Waals surface area contributed by atoms with Crippen molar-refractivity contribution < 1.29 is 4.39 Å². The molecule has 3 rings (SSSR count). The average molecular weight is 266 g/mol. The van der Waals surface area contributed by atoms with Crippen LogP contribution in [0.3, 0.4) is 0 Å². The third-order valence-electron chi connectivity index (χ3n) is 3.31. The zero-order valence-corrected chi connectivity index (χ0v) is 10.7. The van der Waals surface area contributed by atoms with Crippen LogP contribution in [0.25, 0.3) is 11.3 Å². The second-order valence-electron chi connectivity index (χ2n) is 4.67. The lowest BCUT2D eigenvalue weighted by molar-refractivity contribution is 0.628. The molecule has 18 heavy (non-hydrogen) atoms. The van der Waals surface area contributed by atoms with Gasteiger partial charge in [0.2, 0.25) is 0 Å². The number of imidazole rings is 1. The molecule has 0 aliphatic heterocycles. The molecule has 5 heteroatoms. The molecular formula is C13H13ClFN3. The Morgan fingerprint density at radius 2 is 2.17 bits per heavy atom. The van der Waals surface area contributed by atoms with Gasteiger partial charge in [0.1, 0.15) is 23.2 Å². The van der Waals surface area contributed by atoms with Crippen LogP contribution < -0.4 is 5.73 Å². The highest BCUT2D eigenvalue weighted by molar-refractivity contribution is 6.30. The average Bonchev–Trinajstić information content (AvgIpc) is 3.13. The van der Waals surface area contributed by atoms with E-state index in [9.17, 15) is 4.39 Å². The second kappa shape index (κ2) is 3.99. The molecule has 1 aromatic heterocycles. The number of hydrogen-bond acceptors (Lipinski definition) is 2. The van der Waals surface area contributed by atoms with Gasteiger partial charge in [-0.2, -0.15) is 0 Å². The molecule has 1 aliphatic rings. The van der Waals surface area contributed by atoms with E-state index in [1.807, 2.05) is 11.6 Å². The largest absolute Gasteiger partial charge is 0.383 e. The van der Waals surface area contributed by atoms with E-state index in [1.54, 1.807) is 6.07 Å². The van der Waals surface area contributed by atoms with Crippen molar-refractivity contribution in [1.29, 1.82) is 0 Å². The number of halogens is 2. The van der Waals surface area contributed by atoms with Crippen LogP contribution in [0.4, 0.5) is 10.2 Å². The maximum atomic E-state index is 13.5. The van der Waals surface area contributed by atoms with Crippen LogP contribution in [-0.2, 0) is 7.05 Å². The first-order valence-corrected chi connectivity index (χ1v) is 6.23. The summed E-state index contributed by atoms with van der Waals surface area (Å²) in [4.78, 5) is 4.54. The highest BCUT2D eigenvalue weighted by Crippen LogP contribution is 2.41. The van der Waals surface area contributed by atoms with Gasteiger partial charge in [-0.15, -0.1) is 0 Å². The monoisotopic (exact) mass is 265 g/mol. The quantitative estimate of drug-likeness (QED) is 0.905. The Labute approximate surface area is 109 Å². The molecule has 94 valence electrons. The van der Waals surface area contributed by atoms with Crippen LogP contribution in [-0.4, -0.2) is 9.55 Å². The number of nitrogens with zero attached hydrogens (tertiary/aromatic N) is 2. The summed E-state index contributed by atoms with van der Waals surface area (Å²) >= 11 is 5.67. The number of anilines is 1. The Balaban J connectivity index is 2.10. The molecule has 0 atom stereocenters. The summed E-state index contributed by atoms with van der Waals surface area (Å²) in [6, 6.07) is 4.63. The van der Waals surface area contributed by atoms with Crippen molar-refractivity contribution in [3.63, 3.8) is 0 Å². The van der Waals surface area contributed by atoms with Gasteiger partial charge in [0.25, 0.3) is 0 Å². The Hall–Kier alpha value is -1.55. The molecular weight excluding hydrogens is 253 g/mol. The van der Waals surface area contributed by atoms with Gasteiger partial charge in [0.15, 0.2) is 0 Å². The number of aromatic nitrogens is 2. The summed E-state index contributed by atoms with van der Waals surface area (Å²) in [5, 5.41) is 0.107. The molecule has 0 radical (unpaired) electrons. The summed E-state index contributed by atoms with van der Waals surface area (Å²) < 4.78 is 15.4. The standard InChI is InChI=1S/C13H13ClFN3/c1-18-12(16)11(17-13(18)7-2-3-7)8-4-5-9(14)10(15)6-8/h4-7H,2-3,16H2,1H3. The predicted molar refractivity (Wildman–Crippen MR) is 70.0 cm³/mol. The van der Waals surface area contributed by atoms with Crippen LogP contribution in [0.5, 0.6) is 0 Å². The van der Waals surface area contributed by atoms with Gasteiger partial charge in [0, 0.05) is 18.5 Å². The van der Waals surface area contributed by atoms with E-state index in [0.717, 1.165) is 18.7 Å². The molecule has 0 unspecified atom stereocenters. The SMILES string of the molecule is Cn1c(C2CC2)nc(-c2ccc(Cl)c(F)c2)c1N. The van der Waals surface area contributed by atoms with Crippen molar-refractivity contribution in [3.05, 3.63) is 34.9 Å². The predicted octanol–water partition coefficient (Wildman–Crippen LogP) is 3.34. The van der Waals surface area contributed by atoms with Crippen LogP contribution in [0.2, 0.25) is 5.02 Å². The Kier molecular flexibility index (Phi) is 2.55. The summed E-state index contributed by atoms with van der Waals surface area (Å²) in [5.74, 6) is 1.60. The Morgan fingerprint density at radius 1 is 1.44 bits per heavy atom. The number of nitrogens with two attached hydrogens (primary N) is 1. The highest BCUT2D eigenvalue weighted by atomic mass is 35.5. The van der Waals surface area contributed by atoms with Crippen LogP contribution >= 0.6 is 11.6 Å². The van der Waals surface area contributed by atoms with Crippen molar-refractivity contribution in [3.8, 4) is 11.3 Å². The van der Waals surface area contributed by atoms with Crippen molar-refractivity contribution in [1.82, 2.24) is 9.55 Å². The molecule has 0 amide bonds. The molecule has 3 nitrogen and oxygen atoms in total. The van der Waals surface area contributed by atoms with E-state index in [-0.39, 0.29) is 5.02 Å². The van der Waals surface area contributed by atoms with E-state index < -0.39 is 5.82 Å². The van der Waals surface area contributed by atoms with Gasteiger partial charge in [-0.25, -0.2) is 9.37 Å². The van der Waals surface area contributed by atoms with E-state index in [1.165, 1.54) is 12.1 Å². The molecule has 1 heterocycles. The minimum absolute atomic E-state index is 0.107. The number of nitrogen functional groups attached to an aromatic ring is 1. The molecule has 1 aliphatic carbocycles. The number of rotatable bonds is 2. The van der Waals surface area contributed by atoms with Crippen molar-refractivity contribution in [2.24, 2.45) is 7.05 Å². The molecule has 2 aromatic rings. The number of benzene rings is 1. The lowest BCUT2D eigenvalue weighted by Gasteiger charge is -2.02. The van der Waals surface area contributed by atoms with E-state index in [4.69, 9.17) is 17.3 Å². The highest BCUT2D eigenvalue weighted by Gasteiger charge is 2.30. The van der Waals surface area contributed by atoms with Gasteiger partial charge in [-0.05, 0) is 25.0 Å². The minimum atomic E-state index is -0.452. The van der Waals surface area contributed by atoms with E-state index in [2.05, 4.69) is 4.98 Å². The molecule has 0 saturated heterocycles. The van der Waals surface area contributed by atoms with Crippen LogP contribution in [0, 0.1) is 5.82 Å². The fourth-order valence-electron chi connectivity index (χ4n) is 2.09. The van der Waals surface area contributed by atoms with Gasteiger partial charge in [0.05, 0.1) is 5.02 Å². The first kappa shape index (κ1) is 11.5. The van der Waals surface area contributed by atoms with Crippen molar-refractivity contribution in [2.75, 3.05) is 5.73 Å². The lowest BCUT2D eigenvalue weighted by Crippen LogP contribution is -2.00.